The van der Waals surface area contributed by atoms with Crippen LogP contribution >= 0.6 is 0 Å². The summed E-state index contributed by atoms with van der Waals surface area (Å²) in [6.07, 6.45) is 4.32. The zero-order valence-corrected chi connectivity index (χ0v) is 17.5. The molecule has 0 bridgehead atoms. The predicted molar refractivity (Wildman–Crippen MR) is 117 cm³/mol. The fourth-order valence-corrected chi connectivity index (χ4v) is 3.78. The summed E-state index contributed by atoms with van der Waals surface area (Å²) in [6.45, 7) is 6.36. The first-order chi connectivity index (χ1) is 14.6. The molecule has 2 heterocycles. The molecule has 1 aliphatic rings. The van der Waals surface area contributed by atoms with Gasteiger partial charge in [-0.05, 0) is 32.0 Å². The van der Waals surface area contributed by atoms with Crippen LogP contribution in [-0.2, 0) is 11.3 Å². The lowest BCUT2D eigenvalue weighted by Crippen LogP contribution is -2.35. The van der Waals surface area contributed by atoms with E-state index in [9.17, 15) is 4.79 Å². The number of rotatable bonds is 6. The summed E-state index contributed by atoms with van der Waals surface area (Å²) in [4.78, 5) is 14.8. The molecule has 0 unspecified atom stereocenters. The number of carbonyl (C=O) groups is 1. The monoisotopic (exact) mass is 404 g/mol. The SMILES string of the molecule is C[C@H]1CN(CCC(=O)N[C@H](C)c2cnn(-c3ccccc3)c2)Cc2ccccc2O1. The lowest BCUT2D eigenvalue weighted by Gasteiger charge is -2.22. The topological polar surface area (TPSA) is 59.4 Å². The number of aromatic nitrogens is 2. The van der Waals surface area contributed by atoms with E-state index >= 15 is 0 Å². The smallest absolute Gasteiger partial charge is 0.221 e. The molecule has 0 aliphatic carbocycles. The average Bonchev–Trinajstić information content (AvgIpc) is 3.18. The van der Waals surface area contributed by atoms with E-state index in [0.29, 0.717) is 13.0 Å². The van der Waals surface area contributed by atoms with E-state index in [1.807, 2.05) is 72.5 Å². The number of benzene rings is 2. The molecule has 3 aromatic rings. The summed E-state index contributed by atoms with van der Waals surface area (Å²) in [7, 11) is 0. The second-order valence-corrected chi connectivity index (χ2v) is 7.86. The molecular formula is C24H28N4O2. The number of ether oxygens (including phenoxy) is 1. The van der Waals surface area contributed by atoms with Gasteiger partial charge < -0.3 is 10.1 Å². The van der Waals surface area contributed by atoms with Crippen molar-refractivity contribution in [2.45, 2.75) is 39.0 Å². The minimum Gasteiger partial charge on any atom is -0.489 e. The first-order valence-corrected chi connectivity index (χ1v) is 10.4. The number of amides is 1. The highest BCUT2D eigenvalue weighted by Crippen LogP contribution is 2.24. The molecule has 0 spiro atoms. The Hall–Kier alpha value is -3.12. The van der Waals surface area contributed by atoms with E-state index in [-0.39, 0.29) is 18.1 Å². The van der Waals surface area contributed by atoms with Crippen molar-refractivity contribution < 1.29 is 9.53 Å². The zero-order chi connectivity index (χ0) is 20.9. The summed E-state index contributed by atoms with van der Waals surface area (Å²) in [6, 6.07) is 18.0. The largest absolute Gasteiger partial charge is 0.489 e. The normalized spacial score (nSPS) is 17.5. The molecule has 0 radical (unpaired) electrons. The van der Waals surface area contributed by atoms with Crippen LogP contribution in [0.2, 0.25) is 0 Å². The van der Waals surface area contributed by atoms with Crippen LogP contribution in [0.4, 0.5) is 0 Å². The Balaban J connectivity index is 1.31. The van der Waals surface area contributed by atoms with Gasteiger partial charge in [0.25, 0.3) is 0 Å². The van der Waals surface area contributed by atoms with Crippen molar-refractivity contribution in [3.63, 3.8) is 0 Å². The van der Waals surface area contributed by atoms with Crippen molar-refractivity contribution in [1.82, 2.24) is 20.0 Å². The third kappa shape index (κ3) is 4.89. The Morgan fingerprint density at radius 2 is 1.97 bits per heavy atom. The fourth-order valence-electron chi connectivity index (χ4n) is 3.78. The minimum absolute atomic E-state index is 0.0427. The first-order valence-electron chi connectivity index (χ1n) is 10.4. The number of fused-ring (bicyclic) bond motifs is 1. The standard InChI is InChI=1S/C24H28N4O2/c1-18-15-27(16-20-8-6-7-11-23(20)30-18)13-12-24(29)26-19(2)21-14-25-28(17-21)22-9-4-3-5-10-22/h3-11,14,17-19H,12-13,15-16H2,1-2H3,(H,26,29)/t18-,19+/m0/s1. The third-order valence-electron chi connectivity index (χ3n) is 5.37. The van der Waals surface area contributed by atoms with Gasteiger partial charge in [0.1, 0.15) is 11.9 Å². The van der Waals surface area contributed by atoms with Crippen LogP contribution in [-0.4, -0.2) is 39.8 Å². The van der Waals surface area contributed by atoms with Gasteiger partial charge in [-0.1, -0.05) is 36.4 Å². The third-order valence-corrected chi connectivity index (χ3v) is 5.37. The van der Waals surface area contributed by atoms with Crippen molar-refractivity contribution in [3.05, 3.63) is 78.1 Å². The van der Waals surface area contributed by atoms with Crippen LogP contribution in [0.5, 0.6) is 5.75 Å². The zero-order valence-electron chi connectivity index (χ0n) is 17.5. The number of nitrogens with one attached hydrogen (secondary N) is 1. The maximum atomic E-state index is 12.6. The molecule has 2 atom stereocenters. The maximum Gasteiger partial charge on any atom is 0.221 e. The molecular weight excluding hydrogens is 376 g/mol. The van der Waals surface area contributed by atoms with Gasteiger partial charge in [-0.3, -0.25) is 9.69 Å². The Kier molecular flexibility index (Phi) is 6.14. The minimum atomic E-state index is -0.0953. The molecule has 30 heavy (non-hydrogen) atoms. The van der Waals surface area contributed by atoms with Crippen molar-refractivity contribution in [1.29, 1.82) is 0 Å². The van der Waals surface area contributed by atoms with Gasteiger partial charge in [-0.15, -0.1) is 0 Å². The molecule has 1 aromatic heterocycles. The molecule has 6 heteroatoms. The summed E-state index contributed by atoms with van der Waals surface area (Å²) in [5.74, 6) is 0.988. The van der Waals surface area contributed by atoms with E-state index in [2.05, 4.69) is 28.3 Å². The molecule has 0 saturated heterocycles. The van der Waals surface area contributed by atoms with Crippen LogP contribution in [0.15, 0.2) is 67.0 Å². The van der Waals surface area contributed by atoms with Gasteiger partial charge in [0, 0.05) is 43.4 Å². The molecule has 4 rings (SSSR count). The Morgan fingerprint density at radius 1 is 1.20 bits per heavy atom. The quantitative estimate of drug-likeness (QED) is 0.680. The number of nitrogens with zero attached hydrogens (tertiary/aromatic N) is 3. The lowest BCUT2D eigenvalue weighted by molar-refractivity contribution is -0.122. The highest BCUT2D eigenvalue weighted by atomic mass is 16.5. The van der Waals surface area contributed by atoms with E-state index in [1.165, 1.54) is 5.56 Å². The van der Waals surface area contributed by atoms with Crippen LogP contribution < -0.4 is 10.1 Å². The predicted octanol–water partition coefficient (Wildman–Crippen LogP) is 3.72. The van der Waals surface area contributed by atoms with Gasteiger partial charge in [0.2, 0.25) is 5.91 Å². The number of para-hydroxylation sites is 2. The second-order valence-electron chi connectivity index (χ2n) is 7.86. The van der Waals surface area contributed by atoms with Crippen LogP contribution in [0, 0.1) is 0 Å². The van der Waals surface area contributed by atoms with Gasteiger partial charge in [0.15, 0.2) is 0 Å². The molecule has 6 nitrogen and oxygen atoms in total. The molecule has 0 saturated carbocycles. The van der Waals surface area contributed by atoms with Crippen molar-refractivity contribution in [2.24, 2.45) is 0 Å². The van der Waals surface area contributed by atoms with Gasteiger partial charge in [-0.25, -0.2) is 4.68 Å². The molecule has 1 N–H and O–H groups in total. The summed E-state index contributed by atoms with van der Waals surface area (Å²) in [5.41, 5.74) is 3.15. The number of hydrogen-bond acceptors (Lipinski definition) is 4. The Bertz CT molecular complexity index is 986. The number of hydrogen-bond donors (Lipinski definition) is 1. The Morgan fingerprint density at radius 3 is 2.80 bits per heavy atom. The molecule has 2 aromatic carbocycles. The van der Waals surface area contributed by atoms with Gasteiger partial charge in [0.05, 0.1) is 17.9 Å². The Labute approximate surface area is 177 Å². The van der Waals surface area contributed by atoms with Crippen molar-refractivity contribution in [3.8, 4) is 11.4 Å². The summed E-state index contributed by atoms with van der Waals surface area (Å²) >= 11 is 0. The van der Waals surface area contributed by atoms with Crippen LogP contribution in [0.25, 0.3) is 5.69 Å². The van der Waals surface area contributed by atoms with Gasteiger partial charge in [-0.2, -0.15) is 5.10 Å². The maximum absolute atomic E-state index is 12.6. The van der Waals surface area contributed by atoms with Gasteiger partial charge >= 0.3 is 0 Å². The molecule has 0 fully saturated rings. The highest BCUT2D eigenvalue weighted by Gasteiger charge is 2.20. The van der Waals surface area contributed by atoms with Crippen molar-refractivity contribution >= 4 is 5.91 Å². The second kappa shape index (κ2) is 9.13. The highest BCUT2D eigenvalue weighted by molar-refractivity contribution is 5.76. The van der Waals surface area contributed by atoms with Crippen LogP contribution in [0.3, 0.4) is 0 Å². The van der Waals surface area contributed by atoms with E-state index in [1.54, 1.807) is 0 Å². The fraction of sp³-hybridized carbons (Fsp3) is 0.333. The van der Waals surface area contributed by atoms with Crippen molar-refractivity contribution in [2.75, 3.05) is 13.1 Å². The average molecular weight is 405 g/mol. The van der Waals surface area contributed by atoms with E-state index < -0.39 is 0 Å². The summed E-state index contributed by atoms with van der Waals surface area (Å²) < 4.78 is 7.83. The molecule has 1 amide bonds. The number of carbonyl (C=O) groups excluding carboxylic acids is 1. The molecule has 156 valence electrons. The van der Waals surface area contributed by atoms with E-state index in [0.717, 1.165) is 30.1 Å². The van der Waals surface area contributed by atoms with Crippen LogP contribution in [0.1, 0.15) is 37.4 Å². The van der Waals surface area contributed by atoms with E-state index in [4.69, 9.17) is 4.74 Å². The lowest BCUT2D eigenvalue weighted by atomic mass is 10.1. The molecule has 1 aliphatic heterocycles. The first kappa shape index (κ1) is 20.2. The summed E-state index contributed by atoms with van der Waals surface area (Å²) in [5, 5.41) is 7.51.